The van der Waals surface area contributed by atoms with Gasteiger partial charge in [0.15, 0.2) is 0 Å². The van der Waals surface area contributed by atoms with Crippen molar-refractivity contribution >= 4 is 17.5 Å². The number of ether oxygens (including phenoxy) is 1. The van der Waals surface area contributed by atoms with Crippen LogP contribution in [0.15, 0.2) is 48.8 Å². The first-order valence-electron chi connectivity index (χ1n) is 7.47. The zero-order chi connectivity index (χ0) is 17.1. The fourth-order valence-corrected chi connectivity index (χ4v) is 2.34. The molecule has 3 rings (SSSR count). The summed E-state index contributed by atoms with van der Waals surface area (Å²) in [6, 6.07) is 10.8. The summed E-state index contributed by atoms with van der Waals surface area (Å²) in [5.74, 6) is -0.626. The highest BCUT2D eigenvalue weighted by atomic mass is 16.5. The topological polar surface area (TPSA) is 72.7 Å². The Hall–Kier alpha value is -3.15. The average molecular weight is 323 g/mol. The first-order chi connectivity index (χ1) is 11.6. The standard InChI is InChI=1S/C18H17N3O3/c1-12-7-8-21-11-15(20-16(21)9-12)17(22)19-10-13-3-5-14(6-4-13)18(23)24-2/h3-9,11H,10H2,1-2H3,(H,19,22). The number of nitrogens with zero attached hydrogens (tertiary/aromatic N) is 2. The molecular formula is C18H17N3O3. The fraction of sp³-hybridized carbons (Fsp3) is 0.167. The van der Waals surface area contributed by atoms with Gasteiger partial charge in [-0.05, 0) is 42.3 Å². The van der Waals surface area contributed by atoms with E-state index in [-0.39, 0.29) is 11.9 Å². The smallest absolute Gasteiger partial charge is 0.337 e. The minimum Gasteiger partial charge on any atom is -0.465 e. The van der Waals surface area contributed by atoms with Crippen LogP contribution in [-0.2, 0) is 11.3 Å². The predicted molar refractivity (Wildman–Crippen MR) is 88.9 cm³/mol. The van der Waals surface area contributed by atoms with E-state index in [1.54, 1.807) is 30.5 Å². The highest BCUT2D eigenvalue weighted by Crippen LogP contribution is 2.09. The Morgan fingerprint density at radius 2 is 1.96 bits per heavy atom. The fourth-order valence-electron chi connectivity index (χ4n) is 2.34. The Bertz CT molecular complexity index is 898. The SMILES string of the molecule is COC(=O)c1ccc(CNC(=O)c2cn3ccc(C)cc3n2)cc1. The number of nitrogens with one attached hydrogen (secondary N) is 1. The second-order valence-corrected chi connectivity index (χ2v) is 5.47. The van der Waals surface area contributed by atoms with Crippen LogP contribution in [0, 0.1) is 6.92 Å². The summed E-state index contributed by atoms with van der Waals surface area (Å²) >= 11 is 0. The maximum atomic E-state index is 12.2. The Morgan fingerprint density at radius 1 is 1.21 bits per heavy atom. The highest BCUT2D eigenvalue weighted by molar-refractivity contribution is 5.93. The molecule has 0 atom stereocenters. The van der Waals surface area contributed by atoms with E-state index in [0.29, 0.717) is 17.8 Å². The van der Waals surface area contributed by atoms with Crippen molar-refractivity contribution in [2.45, 2.75) is 13.5 Å². The van der Waals surface area contributed by atoms with Crippen LogP contribution >= 0.6 is 0 Å². The molecule has 24 heavy (non-hydrogen) atoms. The van der Waals surface area contributed by atoms with Gasteiger partial charge in [0.2, 0.25) is 0 Å². The first-order valence-corrected chi connectivity index (χ1v) is 7.47. The Morgan fingerprint density at radius 3 is 2.67 bits per heavy atom. The number of benzene rings is 1. The molecule has 2 aromatic heterocycles. The van der Waals surface area contributed by atoms with Crippen molar-refractivity contribution in [2.75, 3.05) is 7.11 Å². The molecule has 1 amide bonds. The third kappa shape index (κ3) is 3.27. The number of aromatic nitrogens is 2. The minimum atomic E-state index is -0.384. The van der Waals surface area contributed by atoms with Crippen molar-refractivity contribution in [3.05, 3.63) is 71.2 Å². The monoisotopic (exact) mass is 323 g/mol. The molecule has 1 N–H and O–H groups in total. The largest absolute Gasteiger partial charge is 0.465 e. The van der Waals surface area contributed by atoms with E-state index in [0.717, 1.165) is 16.8 Å². The molecule has 6 nitrogen and oxygen atoms in total. The van der Waals surface area contributed by atoms with Gasteiger partial charge >= 0.3 is 5.97 Å². The summed E-state index contributed by atoms with van der Waals surface area (Å²) in [6.07, 6.45) is 3.57. The lowest BCUT2D eigenvalue weighted by atomic mass is 10.1. The van der Waals surface area contributed by atoms with Gasteiger partial charge in [-0.15, -0.1) is 0 Å². The molecule has 0 aliphatic rings. The van der Waals surface area contributed by atoms with Crippen molar-refractivity contribution in [1.82, 2.24) is 14.7 Å². The van der Waals surface area contributed by atoms with Crippen LogP contribution in [0.1, 0.15) is 32.0 Å². The van der Waals surface area contributed by atoms with Crippen molar-refractivity contribution in [3.63, 3.8) is 0 Å². The molecule has 0 saturated carbocycles. The van der Waals surface area contributed by atoms with E-state index in [1.165, 1.54) is 7.11 Å². The van der Waals surface area contributed by atoms with Gasteiger partial charge in [-0.1, -0.05) is 12.1 Å². The number of pyridine rings is 1. The Kier molecular flexibility index (Phi) is 4.29. The molecule has 0 aliphatic carbocycles. The number of carbonyl (C=O) groups excluding carboxylic acids is 2. The number of fused-ring (bicyclic) bond motifs is 1. The van der Waals surface area contributed by atoms with Gasteiger partial charge in [0.25, 0.3) is 5.91 Å². The molecule has 1 aromatic carbocycles. The summed E-state index contributed by atoms with van der Waals surface area (Å²) in [7, 11) is 1.34. The van der Waals surface area contributed by atoms with Crippen molar-refractivity contribution in [2.24, 2.45) is 0 Å². The van der Waals surface area contributed by atoms with E-state index in [9.17, 15) is 9.59 Å². The number of amides is 1. The van der Waals surface area contributed by atoms with Gasteiger partial charge in [0.05, 0.1) is 12.7 Å². The Balaban J connectivity index is 1.67. The number of hydrogen-bond donors (Lipinski definition) is 1. The molecule has 0 spiro atoms. The van der Waals surface area contributed by atoms with E-state index in [1.807, 2.05) is 29.7 Å². The number of rotatable bonds is 4. The van der Waals surface area contributed by atoms with Gasteiger partial charge in [-0.3, -0.25) is 4.79 Å². The lowest BCUT2D eigenvalue weighted by molar-refractivity contribution is 0.0600. The molecule has 6 heteroatoms. The molecule has 2 heterocycles. The second-order valence-electron chi connectivity index (χ2n) is 5.47. The lowest BCUT2D eigenvalue weighted by Crippen LogP contribution is -2.23. The van der Waals surface area contributed by atoms with E-state index in [2.05, 4.69) is 15.0 Å². The zero-order valence-electron chi connectivity index (χ0n) is 13.4. The summed E-state index contributed by atoms with van der Waals surface area (Å²) in [6.45, 7) is 2.33. The number of carbonyl (C=O) groups is 2. The molecule has 0 aliphatic heterocycles. The molecule has 3 aromatic rings. The molecule has 0 bridgehead atoms. The van der Waals surface area contributed by atoms with Crippen LogP contribution in [0.3, 0.4) is 0 Å². The summed E-state index contributed by atoms with van der Waals surface area (Å²) in [5, 5.41) is 2.82. The number of methoxy groups -OCH3 is 1. The molecule has 0 fully saturated rings. The van der Waals surface area contributed by atoms with Gasteiger partial charge in [0.1, 0.15) is 11.3 Å². The van der Waals surface area contributed by atoms with Gasteiger partial charge in [0, 0.05) is 18.9 Å². The maximum Gasteiger partial charge on any atom is 0.337 e. The van der Waals surface area contributed by atoms with Crippen LogP contribution in [0.25, 0.3) is 5.65 Å². The maximum absolute atomic E-state index is 12.2. The predicted octanol–water partition coefficient (Wildman–Crippen LogP) is 2.36. The Labute approximate surface area is 139 Å². The quantitative estimate of drug-likeness (QED) is 0.748. The number of hydrogen-bond acceptors (Lipinski definition) is 4. The highest BCUT2D eigenvalue weighted by Gasteiger charge is 2.11. The second kappa shape index (κ2) is 6.54. The van der Waals surface area contributed by atoms with Crippen LogP contribution in [0.2, 0.25) is 0 Å². The summed E-state index contributed by atoms with van der Waals surface area (Å²) in [5.41, 5.74) is 3.55. The van der Waals surface area contributed by atoms with Crippen LogP contribution < -0.4 is 5.32 Å². The van der Waals surface area contributed by atoms with Gasteiger partial charge in [-0.25, -0.2) is 9.78 Å². The first kappa shape index (κ1) is 15.7. The third-order valence-corrected chi connectivity index (χ3v) is 3.68. The zero-order valence-corrected chi connectivity index (χ0v) is 13.4. The lowest BCUT2D eigenvalue weighted by Gasteiger charge is -2.04. The average Bonchev–Trinajstić information content (AvgIpc) is 3.02. The van der Waals surface area contributed by atoms with Crippen LogP contribution in [-0.4, -0.2) is 28.4 Å². The number of aryl methyl sites for hydroxylation is 1. The summed E-state index contributed by atoms with van der Waals surface area (Å²) < 4.78 is 6.46. The number of imidazole rings is 1. The molecule has 0 radical (unpaired) electrons. The van der Waals surface area contributed by atoms with Crippen molar-refractivity contribution in [3.8, 4) is 0 Å². The van der Waals surface area contributed by atoms with Crippen molar-refractivity contribution < 1.29 is 14.3 Å². The van der Waals surface area contributed by atoms with Gasteiger partial charge in [-0.2, -0.15) is 0 Å². The number of esters is 1. The van der Waals surface area contributed by atoms with E-state index < -0.39 is 0 Å². The molecule has 0 unspecified atom stereocenters. The van der Waals surface area contributed by atoms with Crippen molar-refractivity contribution in [1.29, 1.82) is 0 Å². The molecule has 0 saturated heterocycles. The minimum absolute atomic E-state index is 0.242. The normalized spacial score (nSPS) is 10.6. The van der Waals surface area contributed by atoms with Crippen LogP contribution in [0.5, 0.6) is 0 Å². The van der Waals surface area contributed by atoms with Crippen LogP contribution in [0.4, 0.5) is 0 Å². The van der Waals surface area contributed by atoms with E-state index in [4.69, 9.17) is 0 Å². The van der Waals surface area contributed by atoms with E-state index >= 15 is 0 Å². The third-order valence-electron chi connectivity index (χ3n) is 3.68. The summed E-state index contributed by atoms with van der Waals surface area (Å²) in [4.78, 5) is 27.9. The van der Waals surface area contributed by atoms with Gasteiger partial charge < -0.3 is 14.5 Å². The molecular weight excluding hydrogens is 306 g/mol. The molecule has 122 valence electrons.